The van der Waals surface area contributed by atoms with E-state index in [-0.39, 0.29) is 12.5 Å². The lowest BCUT2D eigenvalue weighted by molar-refractivity contribution is -0.123. The van der Waals surface area contributed by atoms with Gasteiger partial charge in [0.15, 0.2) is 6.61 Å². The Bertz CT molecular complexity index is 974. The summed E-state index contributed by atoms with van der Waals surface area (Å²) >= 11 is 5.99. The predicted molar refractivity (Wildman–Crippen MR) is 123 cm³/mol. The molecule has 0 radical (unpaired) electrons. The monoisotopic (exact) mass is 422 g/mol. The van der Waals surface area contributed by atoms with Gasteiger partial charge < -0.3 is 15.0 Å². The Kier molecular flexibility index (Phi) is 7.89. The van der Waals surface area contributed by atoms with Crippen LogP contribution in [0.3, 0.4) is 0 Å². The summed E-state index contributed by atoms with van der Waals surface area (Å²) in [6, 6.07) is 24.0. The number of carbonyl (C=O) groups excluding carboxylic acids is 1. The van der Waals surface area contributed by atoms with Crippen LogP contribution >= 0.6 is 11.6 Å². The maximum atomic E-state index is 12.2. The van der Waals surface area contributed by atoms with E-state index in [0.29, 0.717) is 11.6 Å². The Balaban J connectivity index is 1.58. The molecule has 0 aliphatic carbocycles. The summed E-state index contributed by atoms with van der Waals surface area (Å²) in [4.78, 5) is 14.3. The van der Waals surface area contributed by atoms with Crippen LogP contribution in [0.15, 0.2) is 72.8 Å². The number of rotatable bonds is 9. The number of carbonyl (C=O) groups is 1. The van der Waals surface area contributed by atoms with E-state index in [1.54, 1.807) is 0 Å². The topological polar surface area (TPSA) is 41.6 Å². The summed E-state index contributed by atoms with van der Waals surface area (Å²) in [5.41, 5.74) is 4.43. The van der Waals surface area contributed by atoms with Crippen molar-refractivity contribution < 1.29 is 9.53 Å². The second kappa shape index (κ2) is 10.8. The van der Waals surface area contributed by atoms with Gasteiger partial charge in [-0.3, -0.25) is 4.79 Å². The Labute approximate surface area is 183 Å². The molecule has 4 nitrogen and oxygen atoms in total. The van der Waals surface area contributed by atoms with E-state index in [9.17, 15) is 4.79 Å². The third-order valence-corrected chi connectivity index (χ3v) is 4.87. The lowest BCUT2D eigenvalue weighted by Gasteiger charge is -2.16. The van der Waals surface area contributed by atoms with E-state index in [2.05, 4.69) is 28.4 Å². The first-order valence-electron chi connectivity index (χ1n) is 9.98. The lowest BCUT2D eigenvalue weighted by Crippen LogP contribution is -2.30. The first kappa shape index (κ1) is 21.9. The lowest BCUT2D eigenvalue weighted by atomic mass is 10.0. The van der Waals surface area contributed by atoms with Crippen LogP contribution < -0.4 is 10.1 Å². The molecule has 1 N–H and O–H groups in total. The maximum absolute atomic E-state index is 12.2. The normalized spacial score (nSPS) is 10.8. The second-order valence-electron chi connectivity index (χ2n) is 7.44. The zero-order valence-electron chi connectivity index (χ0n) is 17.4. The van der Waals surface area contributed by atoms with E-state index in [1.807, 2.05) is 68.7 Å². The van der Waals surface area contributed by atoms with Crippen LogP contribution in [0.1, 0.15) is 11.1 Å². The molecule has 3 aromatic carbocycles. The van der Waals surface area contributed by atoms with Gasteiger partial charge in [0, 0.05) is 23.7 Å². The second-order valence-corrected chi connectivity index (χ2v) is 7.88. The number of ether oxygens (including phenoxy) is 1. The molecule has 0 unspecified atom stereocenters. The molecule has 0 spiro atoms. The number of nitrogens with one attached hydrogen (secondary N) is 1. The van der Waals surface area contributed by atoms with Crippen LogP contribution in [0.4, 0.5) is 0 Å². The molecule has 3 aromatic rings. The van der Waals surface area contributed by atoms with Crippen molar-refractivity contribution in [1.82, 2.24) is 10.2 Å². The molecule has 156 valence electrons. The molecule has 0 aliphatic heterocycles. The molecule has 0 aromatic heterocycles. The third kappa shape index (κ3) is 6.61. The van der Waals surface area contributed by atoms with Crippen molar-refractivity contribution in [3.05, 3.63) is 88.9 Å². The Morgan fingerprint density at radius 2 is 1.77 bits per heavy atom. The van der Waals surface area contributed by atoms with E-state index >= 15 is 0 Å². The molecule has 0 bridgehead atoms. The van der Waals surface area contributed by atoms with Gasteiger partial charge in [0.25, 0.3) is 5.91 Å². The highest BCUT2D eigenvalue weighted by atomic mass is 35.5. The third-order valence-electron chi connectivity index (χ3n) is 4.64. The van der Waals surface area contributed by atoms with Crippen molar-refractivity contribution in [3.63, 3.8) is 0 Å². The molecule has 0 fully saturated rings. The van der Waals surface area contributed by atoms with Crippen molar-refractivity contribution >= 4 is 17.5 Å². The molecule has 0 saturated carbocycles. The van der Waals surface area contributed by atoms with E-state index in [4.69, 9.17) is 16.3 Å². The molecule has 5 heteroatoms. The van der Waals surface area contributed by atoms with Gasteiger partial charge in [0.2, 0.25) is 0 Å². The SMILES string of the molecule is CN(C)Cc1cc(-c2ccccc2)ccc1OCC(=O)NCCc1cccc(Cl)c1. The van der Waals surface area contributed by atoms with E-state index in [0.717, 1.165) is 41.0 Å². The first-order valence-corrected chi connectivity index (χ1v) is 10.4. The van der Waals surface area contributed by atoms with Gasteiger partial charge in [-0.2, -0.15) is 0 Å². The summed E-state index contributed by atoms with van der Waals surface area (Å²) in [6.07, 6.45) is 0.726. The summed E-state index contributed by atoms with van der Waals surface area (Å²) in [7, 11) is 4.03. The van der Waals surface area contributed by atoms with Crippen molar-refractivity contribution in [2.45, 2.75) is 13.0 Å². The van der Waals surface area contributed by atoms with E-state index < -0.39 is 0 Å². The highest BCUT2D eigenvalue weighted by Gasteiger charge is 2.10. The van der Waals surface area contributed by atoms with Gasteiger partial charge >= 0.3 is 0 Å². The highest BCUT2D eigenvalue weighted by molar-refractivity contribution is 6.30. The van der Waals surface area contributed by atoms with Crippen molar-refractivity contribution in [1.29, 1.82) is 0 Å². The molecule has 0 aliphatic rings. The van der Waals surface area contributed by atoms with Crippen LogP contribution in [0.25, 0.3) is 11.1 Å². The van der Waals surface area contributed by atoms with E-state index in [1.165, 1.54) is 0 Å². The predicted octanol–water partition coefficient (Wildman–Crippen LogP) is 4.81. The van der Waals surface area contributed by atoms with Gasteiger partial charge in [0.05, 0.1) is 0 Å². The standard InChI is InChI=1S/C25H27ClN2O2/c1-28(2)17-22-16-21(20-8-4-3-5-9-20)11-12-24(22)30-18-25(29)27-14-13-19-7-6-10-23(26)15-19/h3-12,15-16H,13-14,17-18H2,1-2H3,(H,27,29). The van der Waals surface area contributed by atoms with Crippen LogP contribution in [-0.2, 0) is 17.8 Å². The fraction of sp³-hybridized carbons (Fsp3) is 0.240. The van der Waals surface area contributed by atoms with Crippen molar-refractivity contribution in [3.8, 4) is 16.9 Å². The highest BCUT2D eigenvalue weighted by Crippen LogP contribution is 2.27. The molecular formula is C25H27ClN2O2. The largest absolute Gasteiger partial charge is 0.483 e. The molecule has 30 heavy (non-hydrogen) atoms. The van der Waals surface area contributed by atoms with Crippen LogP contribution in [0.2, 0.25) is 5.02 Å². The van der Waals surface area contributed by atoms with Gasteiger partial charge in [-0.25, -0.2) is 0 Å². The summed E-state index contributed by atoms with van der Waals surface area (Å²) in [5, 5.41) is 3.60. The molecule has 0 saturated heterocycles. The average Bonchev–Trinajstić information content (AvgIpc) is 2.73. The quantitative estimate of drug-likeness (QED) is 0.538. The minimum Gasteiger partial charge on any atom is -0.483 e. The molecule has 0 heterocycles. The molecular weight excluding hydrogens is 396 g/mol. The number of benzene rings is 3. The number of nitrogens with zero attached hydrogens (tertiary/aromatic N) is 1. The van der Waals surface area contributed by atoms with Crippen LogP contribution in [0, 0.1) is 0 Å². The molecule has 1 amide bonds. The van der Waals surface area contributed by atoms with Gasteiger partial charge in [-0.1, -0.05) is 60.1 Å². The fourth-order valence-corrected chi connectivity index (χ4v) is 3.44. The zero-order chi connectivity index (χ0) is 21.3. The zero-order valence-corrected chi connectivity index (χ0v) is 18.2. The molecule has 0 atom stereocenters. The maximum Gasteiger partial charge on any atom is 0.257 e. The van der Waals surface area contributed by atoms with Crippen LogP contribution in [-0.4, -0.2) is 38.1 Å². The summed E-state index contributed by atoms with van der Waals surface area (Å²) in [5.74, 6) is 0.591. The summed E-state index contributed by atoms with van der Waals surface area (Å²) in [6.45, 7) is 1.26. The minimum absolute atomic E-state index is 0.0132. The first-order chi connectivity index (χ1) is 14.5. The number of amides is 1. The van der Waals surface area contributed by atoms with Gasteiger partial charge in [-0.15, -0.1) is 0 Å². The smallest absolute Gasteiger partial charge is 0.257 e. The van der Waals surface area contributed by atoms with Crippen LogP contribution in [0.5, 0.6) is 5.75 Å². The fourth-order valence-electron chi connectivity index (χ4n) is 3.23. The number of halogens is 1. The van der Waals surface area contributed by atoms with Gasteiger partial charge in [-0.05, 0) is 61.5 Å². The number of hydrogen-bond acceptors (Lipinski definition) is 3. The van der Waals surface area contributed by atoms with Crippen molar-refractivity contribution in [2.75, 3.05) is 27.2 Å². The van der Waals surface area contributed by atoms with Crippen molar-refractivity contribution in [2.24, 2.45) is 0 Å². The number of hydrogen-bond donors (Lipinski definition) is 1. The Morgan fingerprint density at radius 3 is 2.50 bits per heavy atom. The minimum atomic E-state index is -0.139. The average molecular weight is 423 g/mol. The van der Waals surface area contributed by atoms with Gasteiger partial charge in [0.1, 0.15) is 5.75 Å². The Morgan fingerprint density at radius 1 is 0.967 bits per heavy atom. The molecule has 3 rings (SSSR count). The Hall–Kier alpha value is -2.82. The summed E-state index contributed by atoms with van der Waals surface area (Å²) < 4.78 is 5.85.